The van der Waals surface area contributed by atoms with Gasteiger partial charge in [0, 0.05) is 58.5 Å². The number of aromatic amines is 2. The van der Waals surface area contributed by atoms with Crippen molar-refractivity contribution in [2.24, 2.45) is 0 Å². The molecule has 9 rings (SSSR count). The van der Waals surface area contributed by atoms with E-state index in [4.69, 9.17) is 47.9 Å². The highest BCUT2D eigenvalue weighted by atomic mass is 16.6. The minimum Gasteiger partial charge on any atom is -0.491 e. The fourth-order valence-electron chi connectivity index (χ4n) is 8.82. The number of rotatable bonds is 24. The fraction of sp³-hybridized carbons (Fsp3) is 0.267. The summed E-state index contributed by atoms with van der Waals surface area (Å²) in [4.78, 5) is 18.7. The zero-order chi connectivity index (χ0) is 49.5. The number of methoxy groups -OCH3 is 2. The third-order valence-electron chi connectivity index (χ3n) is 12.3. The first-order chi connectivity index (χ1) is 35.4. The smallest absolute Gasteiger partial charge is 0.119 e. The second kappa shape index (κ2) is 24.8. The number of nitrogens with zero attached hydrogens (tertiary/aromatic N) is 2. The van der Waals surface area contributed by atoms with Crippen LogP contribution in [-0.4, -0.2) is 113 Å². The Morgan fingerprint density at radius 3 is 1.00 bits per heavy atom. The first kappa shape index (κ1) is 49.8. The largest absolute Gasteiger partial charge is 0.491 e. The average Bonchev–Trinajstić information content (AvgIpc) is 4.25. The van der Waals surface area contributed by atoms with Gasteiger partial charge in [0.25, 0.3) is 0 Å². The summed E-state index contributed by atoms with van der Waals surface area (Å²) in [6, 6.07) is 42.1. The first-order valence-electron chi connectivity index (χ1n) is 24.5. The highest BCUT2D eigenvalue weighted by molar-refractivity contribution is 6.00. The minimum atomic E-state index is 0.416. The van der Waals surface area contributed by atoms with E-state index in [-0.39, 0.29) is 0 Å². The Morgan fingerprint density at radius 2 is 0.667 bits per heavy atom. The topological polar surface area (TPSA) is 131 Å². The maximum atomic E-state index is 6.11. The van der Waals surface area contributed by atoms with E-state index in [1.54, 1.807) is 14.2 Å². The molecule has 0 spiro atoms. The van der Waals surface area contributed by atoms with E-state index in [1.165, 1.54) is 0 Å². The highest BCUT2D eigenvalue weighted by Gasteiger charge is 2.19. The van der Waals surface area contributed by atoms with Crippen molar-refractivity contribution in [3.63, 3.8) is 0 Å². The quantitative estimate of drug-likeness (QED) is 0.0564. The van der Waals surface area contributed by atoms with Crippen molar-refractivity contribution >= 4 is 46.4 Å². The van der Waals surface area contributed by atoms with Gasteiger partial charge in [-0.3, -0.25) is 0 Å². The molecule has 8 bridgehead atoms. The summed E-state index contributed by atoms with van der Waals surface area (Å²) in [5, 5.41) is 0. The fourth-order valence-corrected chi connectivity index (χ4v) is 8.82. The Bertz CT molecular complexity index is 2940. The Balaban J connectivity index is 1.14. The van der Waals surface area contributed by atoms with Crippen LogP contribution in [0.5, 0.6) is 11.5 Å². The molecule has 0 fully saturated rings. The number of hydrogen-bond donors (Lipinski definition) is 2. The van der Waals surface area contributed by atoms with Crippen LogP contribution >= 0.6 is 0 Å². The van der Waals surface area contributed by atoms with Crippen LogP contribution in [0.3, 0.4) is 0 Å². The third-order valence-corrected chi connectivity index (χ3v) is 12.3. The van der Waals surface area contributed by atoms with Gasteiger partial charge in [0.2, 0.25) is 0 Å². The van der Waals surface area contributed by atoms with Gasteiger partial charge in [0.05, 0.1) is 88.8 Å². The molecule has 0 saturated carbocycles. The van der Waals surface area contributed by atoms with Gasteiger partial charge in [-0.2, -0.15) is 0 Å². The van der Waals surface area contributed by atoms with Crippen LogP contribution in [0.4, 0.5) is 0 Å². The van der Waals surface area contributed by atoms with E-state index in [2.05, 4.69) is 145 Å². The molecule has 0 saturated heterocycles. The zero-order valence-electron chi connectivity index (χ0n) is 41.5. The normalized spacial score (nSPS) is 11.9. The third kappa shape index (κ3) is 12.5. The average molecular weight is 967 g/mol. The number of fused-ring (bicyclic) bond motifs is 8. The molecule has 12 heteroatoms. The SMILES string of the molecule is COCCOCCOCCOc1ccc(-c2c3nc(c(-c4cccc(C)c4)c4ccc([nH]4)c(-c4ccc(OCCOCCOCCOC)cc4)c4nc(c(-c5cccc(C)c5)c5ccc2[nH]5)C=C4)C=C3)cc1. The molecule has 3 aromatic heterocycles. The van der Waals surface area contributed by atoms with Crippen LogP contribution in [0.2, 0.25) is 0 Å². The maximum absolute atomic E-state index is 6.11. The van der Waals surface area contributed by atoms with Gasteiger partial charge in [0.15, 0.2) is 0 Å². The maximum Gasteiger partial charge on any atom is 0.119 e. The minimum absolute atomic E-state index is 0.416. The summed E-state index contributed by atoms with van der Waals surface area (Å²) in [6.45, 7) is 10.2. The zero-order valence-corrected chi connectivity index (χ0v) is 41.5. The predicted octanol–water partition coefficient (Wildman–Crippen LogP) is 12.1. The molecular weight excluding hydrogens is 905 g/mol. The van der Waals surface area contributed by atoms with Crippen LogP contribution in [0.25, 0.3) is 90.9 Å². The number of aryl methyl sites for hydroxylation is 2. The van der Waals surface area contributed by atoms with Gasteiger partial charge in [-0.15, -0.1) is 0 Å². The lowest BCUT2D eigenvalue weighted by molar-refractivity contribution is 0.0180. The Morgan fingerprint density at radius 1 is 0.347 bits per heavy atom. The standard InChI is InChI=1S/C60H62N4O8/c1-41-7-5-9-45(39-41)59-53-23-19-49(61-53)57(43-11-15-47(16-12-43)71-37-35-69-33-31-67-29-27-65-3)51-21-25-55(63-51)60(46-10-6-8-42(2)40-46)56-26-22-52(64-56)58(50-20-24-54(59)62-50)44-13-17-48(18-14-44)72-38-36-70-34-32-68-30-28-66-4/h5-26,39-40,61,64H,27-38H2,1-4H3. The molecule has 12 nitrogen and oxygen atoms in total. The van der Waals surface area contributed by atoms with Gasteiger partial charge in [0.1, 0.15) is 24.7 Å². The number of nitrogens with one attached hydrogen (secondary N) is 2. The van der Waals surface area contributed by atoms with Gasteiger partial charge < -0.3 is 47.9 Å². The van der Waals surface area contributed by atoms with Crippen molar-refractivity contribution in [3.8, 4) is 56.0 Å². The van der Waals surface area contributed by atoms with Gasteiger partial charge in [-0.25, -0.2) is 9.97 Å². The van der Waals surface area contributed by atoms with Crippen molar-refractivity contribution in [2.45, 2.75) is 13.8 Å². The van der Waals surface area contributed by atoms with Crippen molar-refractivity contribution < 1.29 is 37.9 Å². The molecular formula is C60H62N4O8. The Kier molecular flexibility index (Phi) is 17.1. The lowest BCUT2D eigenvalue weighted by Gasteiger charge is -2.10. The monoisotopic (exact) mass is 966 g/mol. The van der Waals surface area contributed by atoms with Crippen LogP contribution in [0.15, 0.2) is 121 Å². The summed E-state index contributed by atoms with van der Waals surface area (Å²) in [7, 11) is 3.32. The molecule has 4 aromatic carbocycles. The molecule has 0 radical (unpaired) electrons. The number of hydrogen-bond acceptors (Lipinski definition) is 10. The summed E-state index contributed by atoms with van der Waals surface area (Å²) in [5.74, 6) is 1.50. The molecule has 0 unspecified atom stereocenters. The second-order valence-electron chi connectivity index (χ2n) is 17.4. The first-order valence-corrected chi connectivity index (χ1v) is 24.5. The molecule has 0 aliphatic carbocycles. The summed E-state index contributed by atoms with van der Waals surface area (Å²) in [6.07, 6.45) is 8.47. The molecule has 2 N–H and O–H groups in total. The van der Waals surface area contributed by atoms with Crippen LogP contribution in [0, 0.1) is 13.8 Å². The van der Waals surface area contributed by atoms with Crippen molar-refractivity contribution in [2.75, 3.05) is 93.5 Å². The number of H-pyrrole nitrogens is 2. The van der Waals surface area contributed by atoms with E-state index in [0.29, 0.717) is 79.3 Å². The van der Waals surface area contributed by atoms with Crippen molar-refractivity contribution in [3.05, 3.63) is 155 Å². The van der Waals surface area contributed by atoms with E-state index < -0.39 is 0 Å². The Hall–Kier alpha value is -7.16. The highest BCUT2D eigenvalue weighted by Crippen LogP contribution is 2.39. The Labute approximate surface area is 421 Å². The summed E-state index contributed by atoms with van der Waals surface area (Å²) >= 11 is 0. The summed E-state index contributed by atoms with van der Waals surface area (Å²) in [5.41, 5.74) is 17.3. The van der Waals surface area contributed by atoms with Gasteiger partial charge in [-0.1, -0.05) is 83.9 Å². The summed E-state index contributed by atoms with van der Waals surface area (Å²) < 4.78 is 44.7. The van der Waals surface area contributed by atoms with Gasteiger partial charge in [-0.05, 0) is 109 Å². The van der Waals surface area contributed by atoms with Crippen molar-refractivity contribution in [1.82, 2.24) is 19.9 Å². The molecule has 2 aliphatic rings. The lowest BCUT2D eigenvalue weighted by Crippen LogP contribution is -2.12. The molecule has 5 heterocycles. The van der Waals surface area contributed by atoms with Crippen LogP contribution in [-0.2, 0) is 28.4 Å². The van der Waals surface area contributed by atoms with E-state index >= 15 is 0 Å². The predicted molar refractivity (Wildman–Crippen MR) is 288 cm³/mol. The molecule has 2 aliphatic heterocycles. The molecule has 0 atom stereocenters. The van der Waals surface area contributed by atoms with Crippen molar-refractivity contribution in [1.29, 1.82) is 0 Å². The molecule has 0 amide bonds. The van der Waals surface area contributed by atoms with E-state index in [0.717, 1.165) is 112 Å². The second-order valence-corrected chi connectivity index (χ2v) is 17.4. The lowest BCUT2D eigenvalue weighted by atomic mass is 10.0. The number of benzene rings is 4. The van der Waals surface area contributed by atoms with Crippen LogP contribution in [0.1, 0.15) is 33.9 Å². The van der Waals surface area contributed by atoms with Gasteiger partial charge >= 0.3 is 0 Å². The number of ether oxygens (including phenoxy) is 8. The molecule has 370 valence electrons. The number of aromatic nitrogens is 4. The molecule has 7 aromatic rings. The van der Waals surface area contributed by atoms with E-state index in [1.807, 2.05) is 24.3 Å². The van der Waals surface area contributed by atoms with Crippen LogP contribution < -0.4 is 9.47 Å². The molecule has 72 heavy (non-hydrogen) atoms. The van der Waals surface area contributed by atoms with E-state index in [9.17, 15) is 0 Å².